The van der Waals surface area contributed by atoms with Gasteiger partial charge in [0.1, 0.15) is 0 Å². The number of aryl methyl sites for hydroxylation is 1. The Labute approximate surface area is 139 Å². The number of sulfonamides is 1. The van der Waals surface area contributed by atoms with Gasteiger partial charge in [-0.25, -0.2) is 8.42 Å². The molecule has 0 bridgehead atoms. The standard InChI is InChI=1S/C17H26N2O3S/c1-3-4-5-17(20)18-15-10-12-19(13-11-15)23(21,22)16-8-6-14(2)7-9-16/h6-9,15H,3-5,10-13H2,1-2H3,(H,18,20). The summed E-state index contributed by atoms with van der Waals surface area (Å²) in [6.07, 6.45) is 3.79. The first kappa shape index (κ1) is 17.9. The van der Waals surface area contributed by atoms with E-state index < -0.39 is 10.0 Å². The van der Waals surface area contributed by atoms with Gasteiger partial charge in [-0.3, -0.25) is 4.79 Å². The van der Waals surface area contributed by atoms with Crippen molar-refractivity contribution in [2.24, 2.45) is 0 Å². The smallest absolute Gasteiger partial charge is 0.243 e. The number of carbonyl (C=O) groups is 1. The molecular weight excluding hydrogens is 312 g/mol. The van der Waals surface area contributed by atoms with E-state index in [1.165, 1.54) is 4.31 Å². The first-order chi connectivity index (χ1) is 10.9. The maximum Gasteiger partial charge on any atom is 0.243 e. The molecule has 1 N–H and O–H groups in total. The minimum Gasteiger partial charge on any atom is -0.353 e. The van der Waals surface area contributed by atoms with E-state index in [0.717, 1.165) is 18.4 Å². The summed E-state index contributed by atoms with van der Waals surface area (Å²) in [6, 6.07) is 7.03. The number of nitrogens with zero attached hydrogens (tertiary/aromatic N) is 1. The second-order valence-corrected chi connectivity index (χ2v) is 8.10. The number of benzene rings is 1. The third kappa shape index (κ3) is 4.78. The van der Waals surface area contributed by atoms with Gasteiger partial charge in [0.2, 0.25) is 15.9 Å². The van der Waals surface area contributed by atoms with Crippen molar-refractivity contribution in [1.82, 2.24) is 9.62 Å². The van der Waals surface area contributed by atoms with Crippen LogP contribution in [0.3, 0.4) is 0 Å². The first-order valence-electron chi connectivity index (χ1n) is 8.29. The summed E-state index contributed by atoms with van der Waals surface area (Å²) < 4.78 is 26.7. The molecule has 1 aromatic carbocycles. The Morgan fingerprint density at radius 1 is 1.22 bits per heavy atom. The number of hydrogen-bond acceptors (Lipinski definition) is 3. The van der Waals surface area contributed by atoms with Crippen molar-refractivity contribution in [3.05, 3.63) is 29.8 Å². The van der Waals surface area contributed by atoms with Gasteiger partial charge in [0.25, 0.3) is 0 Å². The van der Waals surface area contributed by atoms with Crippen LogP contribution in [-0.2, 0) is 14.8 Å². The molecule has 0 saturated carbocycles. The molecular formula is C17H26N2O3S. The van der Waals surface area contributed by atoms with E-state index in [0.29, 0.717) is 37.2 Å². The number of hydrogen-bond donors (Lipinski definition) is 1. The molecule has 23 heavy (non-hydrogen) atoms. The first-order valence-corrected chi connectivity index (χ1v) is 9.73. The van der Waals surface area contributed by atoms with Crippen LogP contribution >= 0.6 is 0 Å². The lowest BCUT2D eigenvalue weighted by molar-refractivity contribution is -0.122. The van der Waals surface area contributed by atoms with Crippen LogP contribution in [0.1, 0.15) is 44.6 Å². The number of rotatable bonds is 6. The molecule has 6 heteroatoms. The zero-order valence-electron chi connectivity index (χ0n) is 13.9. The molecule has 0 radical (unpaired) electrons. The molecule has 0 spiro atoms. The minimum absolute atomic E-state index is 0.0756. The average molecular weight is 338 g/mol. The number of unbranched alkanes of at least 4 members (excludes halogenated alkanes) is 1. The SMILES string of the molecule is CCCCC(=O)NC1CCN(S(=O)(=O)c2ccc(C)cc2)CC1. The molecule has 2 rings (SSSR count). The predicted octanol–water partition coefficient (Wildman–Crippen LogP) is 2.45. The van der Waals surface area contributed by atoms with E-state index >= 15 is 0 Å². The lowest BCUT2D eigenvalue weighted by Gasteiger charge is -2.31. The van der Waals surface area contributed by atoms with Crippen molar-refractivity contribution in [2.45, 2.75) is 56.9 Å². The molecule has 1 aromatic rings. The Kier molecular flexibility index (Phi) is 6.18. The Bertz CT molecular complexity index is 618. The largest absolute Gasteiger partial charge is 0.353 e. The number of piperidine rings is 1. The molecule has 1 fully saturated rings. The molecule has 1 saturated heterocycles. The van der Waals surface area contributed by atoms with Crippen molar-refractivity contribution in [3.8, 4) is 0 Å². The molecule has 1 amide bonds. The van der Waals surface area contributed by atoms with Crippen molar-refractivity contribution < 1.29 is 13.2 Å². The van der Waals surface area contributed by atoms with E-state index in [1.54, 1.807) is 12.1 Å². The summed E-state index contributed by atoms with van der Waals surface area (Å²) in [7, 11) is -3.42. The van der Waals surface area contributed by atoms with Gasteiger partial charge in [-0.15, -0.1) is 0 Å². The molecule has 5 nitrogen and oxygen atoms in total. The van der Waals surface area contributed by atoms with E-state index in [2.05, 4.69) is 12.2 Å². The van der Waals surface area contributed by atoms with Crippen LogP contribution < -0.4 is 5.32 Å². The third-order valence-corrected chi connectivity index (χ3v) is 6.15. The molecule has 0 aliphatic carbocycles. The molecule has 1 aliphatic rings. The predicted molar refractivity (Wildman–Crippen MR) is 90.6 cm³/mol. The van der Waals surface area contributed by atoms with Gasteiger partial charge in [-0.2, -0.15) is 4.31 Å². The van der Waals surface area contributed by atoms with Crippen LogP contribution in [0, 0.1) is 6.92 Å². The number of amides is 1. The summed E-state index contributed by atoms with van der Waals surface area (Å²) in [5.41, 5.74) is 1.04. The Morgan fingerprint density at radius 2 is 1.83 bits per heavy atom. The van der Waals surface area contributed by atoms with E-state index in [-0.39, 0.29) is 11.9 Å². The van der Waals surface area contributed by atoms with Crippen LogP contribution in [0.4, 0.5) is 0 Å². The lowest BCUT2D eigenvalue weighted by Crippen LogP contribution is -2.46. The lowest BCUT2D eigenvalue weighted by atomic mass is 10.1. The molecule has 1 aliphatic heterocycles. The van der Waals surface area contributed by atoms with Gasteiger partial charge >= 0.3 is 0 Å². The summed E-state index contributed by atoms with van der Waals surface area (Å²) in [6.45, 7) is 4.90. The number of carbonyl (C=O) groups excluding carboxylic acids is 1. The van der Waals surface area contributed by atoms with Gasteiger partial charge in [-0.1, -0.05) is 31.0 Å². The van der Waals surface area contributed by atoms with Crippen molar-refractivity contribution in [3.63, 3.8) is 0 Å². The third-order valence-electron chi connectivity index (χ3n) is 4.24. The van der Waals surface area contributed by atoms with Crippen LogP contribution in [0.5, 0.6) is 0 Å². The molecule has 128 valence electrons. The molecule has 0 atom stereocenters. The van der Waals surface area contributed by atoms with Crippen molar-refractivity contribution in [1.29, 1.82) is 0 Å². The quantitative estimate of drug-likeness (QED) is 0.866. The molecule has 0 aromatic heterocycles. The van der Waals surface area contributed by atoms with Crippen LogP contribution in [0.2, 0.25) is 0 Å². The summed E-state index contributed by atoms with van der Waals surface area (Å²) in [5, 5.41) is 3.01. The fourth-order valence-corrected chi connectivity index (χ4v) is 4.21. The Morgan fingerprint density at radius 3 is 2.39 bits per heavy atom. The number of nitrogens with one attached hydrogen (secondary N) is 1. The van der Waals surface area contributed by atoms with Gasteiger partial charge < -0.3 is 5.32 Å². The average Bonchev–Trinajstić information content (AvgIpc) is 2.54. The summed E-state index contributed by atoms with van der Waals surface area (Å²) in [5.74, 6) is 0.0756. The van der Waals surface area contributed by atoms with Gasteiger partial charge in [0, 0.05) is 25.6 Å². The second kappa shape index (κ2) is 7.93. The zero-order valence-corrected chi connectivity index (χ0v) is 14.7. The van der Waals surface area contributed by atoms with Gasteiger partial charge in [0.05, 0.1) is 4.90 Å². The summed E-state index contributed by atoms with van der Waals surface area (Å²) in [4.78, 5) is 12.1. The van der Waals surface area contributed by atoms with Crippen LogP contribution in [0.15, 0.2) is 29.2 Å². The maximum absolute atomic E-state index is 12.6. The Balaban J connectivity index is 1.91. The van der Waals surface area contributed by atoms with E-state index in [9.17, 15) is 13.2 Å². The fraction of sp³-hybridized carbons (Fsp3) is 0.588. The summed E-state index contributed by atoms with van der Waals surface area (Å²) >= 11 is 0. The fourth-order valence-electron chi connectivity index (χ4n) is 2.74. The van der Waals surface area contributed by atoms with Crippen LogP contribution in [0.25, 0.3) is 0 Å². The minimum atomic E-state index is -3.42. The van der Waals surface area contributed by atoms with Crippen LogP contribution in [-0.4, -0.2) is 37.8 Å². The maximum atomic E-state index is 12.6. The normalized spacial score (nSPS) is 17.1. The molecule has 1 heterocycles. The highest BCUT2D eigenvalue weighted by atomic mass is 32.2. The van der Waals surface area contributed by atoms with E-state index in [4.69, 9.17) is 0 Å². The van der Waals surface area contributed by atoms with E-state index in [1.807, 2.05) is 19.1 Å². The zero-order chi connectivity index (χ0) is 16.9. The highest BCUT2D eigenvalue weighted by molar-refractivity contribution is 7.89. The second-order valence-electron chi connectivity index (χ2n) is 6.16. The van der Waals surface area contributed by atoms with Crippen molar-refractivity contribution in [2.75, 3.05) is 13.1 Å². The van der Waals surface area contributed by atoms with Crippen molar-refractivity contribution >= 4 is 15.9 Å². The van der Waals surface area contributed by atoms with Gasteiger partial charge in [-0.05, 0) is 38.3 Å². The Hall–Kier alpha value is -1.40. The molecule has 0 unspecified atom stereocenters. The van der Waals surface area contributed by atoms with Gasteiger partial charge in [0.15, 0.2) is 0 Å². The highest BCUT2D eigenvalue weighted by Crippen LogP contribution is 2.21. The topological polar surface area (TPSA) is 66.5 Å². The highest BCUT2D eigenvalue weighted by Gasteiger charge is 2.29. The monoisotopic (exact) mass is 338 g/mol.